The number of carbonyl (C=O) groups is 2. The second-order valence-corrected chi connectivity index (χ2v) is 11.9. The number of hydrogen-bond acceptors (Lipinski definition) is 8. The molecule has 1 saturated carbocycles. The van der Waals surface area contributed by atoms with Crippen LogP contribution in [0.3, 0.4) is 0 Å². The van der Waals surface area contributed by atoms with Crippen molar-refractivity contribution in [3.05, 3.63) is 82.4 Å². The van der Waals surface area contributed by atoms with Crippen LogP contribution in [0.1, 0.15) is 59.3 Å². The topological polar surface area (TPSA) is 96.9 Å². The minimum absolute atomic E-state index is 0.0820. The van der Waals surface area contributed by atoms with E-state index in [1.165, 1.54) is 20.0 Å². The van der Waals surface area contributed by atoms with Gasteiger partial charge in [0, 0.05) is 55.8 Å². The fourth-order valence-corrected chi connectivity index (χ4v) is 6.49. The molecule has 1 N–H and O–H groups in total. The third-order valence-corrected chi connectivity index (χ3v) is 8.89. The lowest BCUT2D eigenvalue weighted by Crippen LogP contribution is -2.50. The van der Waals surface area contributed by atoms with Crippen LogP contribution in [0, 0.1) is 13.8 Å². The van der Waals surface area contributed by atoms with Crippen LogP contribution in [0.15, 0.2) is 54.9 Å². The van der Waals surface area contributed by atoms with Crippen molar-refractivity contribution in [2.75, 3.05) is 38.3 Å². The van der Waals surface area contributed by atoms with Crippen molar-refractivity contribution in [2.24, 2.45) is 0 Å². The van der Waals surface area contributed by atoms with E-state index in [0.717, 1.165) is 55.7 Å². The molecule has 2 aromatic heterocycles. The highest BCUT2D eigenvalue weighted by atomic mass is 35.5. The van der Waals surface area contributed by atoms with Gasteiger partial charge in [-0.15, -0.1) is 0 Å². The Kier molecular flexibility index (Phi) is 9.82. The molecule has 1 aliphatic heterocycles. The van der Waals surface area contributed by atoms with Crippen molar-refractivity contribution in [1.82, 2.24) is 20.2 Å². The number of rotatable bonds is 12. The summed E-state index contributed by atoms with van der Waals surface area (Å²) in [7, 11) is 1.35. The fourth-order valence-electron chi connectivity index (χ4n) is 6.20. The lowest BCUT2D eigenvalue weighted by Gasteiger charge is -2.43. The number of aryl methyl sites for hydroxylation is 2. The molecule has 3 heterocycles. The number of hydrogen-bond donors (Lipinski definition) is 1. The lowest BCUT2D eigenvalue weighted by molar-refractivity contribution is -0.142. The summed E-state index contributed by atoms with van der Waals surface area (Å²) in [4.78, 5) is 38.1. The first kappa shape index (κ1) is 30.8. The Bertz CT molecular complexity index is 1380. The normalized spacial score (nSPS) is 16.4. The summed E-state index contributed by atoms with van der Waals surface area (Å²) in [5.74, 6) is 0.140. The van der Waals surface area contributed by atoms with Gasteiger partial charge in [0.15, 0.2) is 6.61 Å². The molecule has 10 heteroatoms. The summed E-state index contributed by atoms with van der Waals surface area (Å²) in [5, 5.41) is 3.55. The van der Waals surface area contributed by atoms with Crippen LogP contribution in [0.25, 0.3) is 0 Å². The Hall–Kier alpha value is -3.69. The Morgan fingerprint density at radius 3 is 2.51 bits per heavy atom. The highest BCUT2D eigenvalue weighted by Gasteiger charge is 2.48. The Balaban J connectivity index is 1.19. The van der Waals surface area contributed by atoms with Gasteiger partial charge in [-0.3, -0.25) is 14.7 Å². The minimum Gasteiger partial charge on any atom is -0.482 e. The largest absolute Gasteiger partial charge is 0.482 e. The maximum absolute atomic E-state index is 12.9. The number of halogens is 1. The summed E-state index contributed by atoms with van der Waals surface area (Å²) in [5.41, 5.74) is 4.56. The van der Waals surface area contributed by atoms with Gasteiger partial charge in [-0.25, -0.2) is 9.78 Å². The number of aromatic nitrogens is 2. The van der Waals surface area contributed by atoms with Crippen molar-refractivity contribution in [3.63, 3.8) is 0 Å². The molecule has 3 aromatic rings. The molecule has 0 unspecified atom stereocenters. The van der Waals surface area contributed by atoms with Gasteiger partial charge in [-0.2, -0.15) is 0 Å². The summed E-state index contributed by atoms with van der Waals surface area (Å²) < 4.78 is 10.2. The molecule has 0 spiro atoms. The second-order valence-electron chi connectivity index (χ2n) is 11.5. The number of esters is 1. The number of amides is 1. The maximum Gasteiger partial charge on any atom is 0.343 e. The molecule has 0 radical (unpaired) electrons. The fraction of sp³-hybridized carbons (Fsp3) is 0.455. The molecule has 1 aromatic carbocycles. The van der Waals surface area contributed by atoms with E-state index in [9.17, 15) is 9.59 Å². The first-order valence-electron chi connectivity index (χ1n) is 14.9. The molecule has 1 aliphatic carbocycles. The zero-order chi connectivity index (χ0) is 30.4. The van der Waals surface area contributed by atoms with E-state index < -0.39 is 5.97 Å². The van der Waals surface area contributed by atoms with Crippen LogP contribution in [0.4, 0.5) is 5.69 Å². The molecule has 2 fully saturated rings. The lowest BCUT2D eigenvalue weighted by atomic mass is 9.98. The van der Waals surface area contributed by atoms with E-state index in [0.29, 0.717) is 34.7 Å². The number of anilines is 1. The zero-order valence-electron chi connectivity index (χ0n) is 25.1. The van der Waals surface area contributed by atoms with Gasteiger partial charge in [0.2, 0.25) is 0 Å². The summed E-state index contributed by atoms with van der Waals surface area (Å²) >= 11 is 6.05. The highest BCUT2D eigenvalue weighted by Crippen LogP contribution is 2.46. The Morgan fingerprint density at radius 1 is 1.14 bits per heavy atom. The number of pyridine rings is 2. The van der Waals surface area contributed by atoms with Crippen molar-refractivity contribution in [2.45, 2.75) is 64.1 Å². The summed E-state index contributed by atoms with van der Waals surface area (Å²) in [6.07, 6.45) is 9.09. The molecule has 5 rings (SSSR count). The summed E-state index contributed by atoms with van der Waals surface area (Å²) in [6, 6.07) is 14.1. The number of nitrogens with one attached hydrogen (secondary N) is 1. The molecule has 1 amide bonds. The Morgan fingerprint density at radius 2 is 1.88 bits per heavy atom. The molecule has 43 heavy (non-hydrogen) atoms. The molecule has 9 nitrogen and oxygen atoms in total. The number of carbonyl (C=O) groups excluding carboxylic acids is 2. The van der Waals surface area contributed by atoms with Crippen LogP contribution >= 0.6 is 11.6 Å². The minimum atomic E-state index is -0.408. The van der Waals surface area contributed by atoms with E-state index >= 15 is 0 Å². The van der Waals surface area contributed by atoms with Gasteiger partial charge in [-0.05, 0) is 93.5 Å². The van der Waals surface area contributed by atoms with Crippen molar-refractivity contribution >= 4 is 29.2 Å². The monoisotopic (exact) mass is 605 g/mol. The number of ether oxygens (including phenoxy) is 2. The van der Waals surface area contributed by atoms with Crippen LogP contribution in [-0.4, -0.2) is 71.7 Å². The van der Waals surface area contributed by atoms with Gasteiger partial charge in [0.05, 0.1) is 18.4 Å². The van der Waals surface area contributed by atoms with Gasteiger partial charge < -0.3 is 19.7 Å². The van der Waals surface area contributed by atoms with E-state index in [2.05, 4.69) is 48.0 Å². The number of nitrogens with zero attached hydrogens (tertiary/aromatic N) is 4. The standard InChI is InChI=1S/C33H40ClN5O4/c1-23-19-29(34)37-24(2)31(23)32(41)36-16-14-33(12-13-33)38-17-10-27(11-18-38)39(21-25-5-4-15-35-20-25)26-6-8-28(9-7-26)43-22-30(40)42-3/h4-9,15,19-20,27H,10-14,16-18,21-22H2,1-3H3,(H,36,41). The first-order valence-corrected chi connectivity index (χ1v) is 15.3. The highest BCUT2D eigenvalue weighted by molar-refractivity contribution is 6.29. The maximum atomic E-state index is 12.9. The quantitative estimate of drug-likeness (QED) is 0.224. The SMILES string of the molecule is COC(=O)COc1ccc(N(Cc2cccnc2)C2CCN(C3(CCNC(=O)c4c(C)cc(Cl)nc4C)CC3)CC2)cc1. The van der Waals surface area contributed by atoms with E-state index in [1.54, 1.807) is 12.3 Å². The van der Waals surface area contributed by atoms with Gasteiger partial charge in [0.1, 0.15) is 10.9 Å². The van der Waals surface area contributed by atoms with Crippen LogP contribution in [0.5, 0.6) is 5.75 Å². The van der Waals surface area contributed by atoms with E-state index in [-0.39, 0.29) is 18.1 Å². The summed E-state index contributed by atoms with van der Waals surface area (Å²) in [6.45, 7) is 7.03. The van der Waals surface area contributed by atoms with Gasteiger partial charge >= 0.3 is 5.97 Å². The number of methoxy groups -OCH3 is 1. The van der Waals surface area contributed by atoms with E-state index in [4.69, 9.17) is 16.3 Å². The molecule has 228 valence electrons. The molecule has 0 atom stereocenters. The number of likely N-dealkylation sites (tertiary alicyclic amines) is 1. The molecular weight excluding hydrogens is 566 g/mol. The average Bonchev–Trinajstić information content (AvgIpc) is 3.80. The molecule has 0 bridgehead atoms. The zero-order valence-corrected chi connectivity index (χ0v) is 25.9. The number of piperidine rings is 1. The van der Waals surface area contributed by atoms with Crippen molar-refractivity contribution < 1.29 is 19.1 Å². The predicted octanol–water partition coefficient (Wildman–Crippen LogP) is 5.12. The Labute approximate surface area is 258 Å². The van der Waals surface area contributed by atoms with Crippen molar-refractivity contribution in [3.8, 4) is 5.75 Å². The predicted molar refractivity (Wildman–Crippen MR) is 167 cm³/mol. The van der Waals surface area contributed by atoms with Crippen LogP contribution in [-0.2, 0) is 16.1 Å². The third kappa shape index (κ3) is 7.64. The molecular formula is C33H40ClN5O4. The van der Waals surface area contributed by atoms with E-state index in [1.807, 2.05) is 38.2 Å². The van der Waals surface area contributed by atoms with Gasteiger partial charge in [0.25, 0.3) is 5.91 Å². The smallest absolute Gasteiger partial charge is 0.343 e. The number of benzene rings is 1. The average molecular weight is 606 g/mol. The van der Waals surface area contributed by atoms with Crippen LogP contribution in [0.2, 0.25) is 5.15 Å². The third-order valence-electron chi connectivity index (χ3n) is 8.70. The van der Waals surface area contributed by atoms with Crippen LogP contribution < -0.4 is 15.0 Å². The second kappa shape index (κ2) is 13.7. The molecule has 1 saturated heterocycles. The van der Waals surface area contributed by atoms with Gasteiger partial charge in [-0.1, -0.05) is 17.7 Å². The first-order chi connectivity index (χ1) is 20.8. The van der Waals surface area contributed by atoms with Crippen molar-refractivity contribution in [1.29, 1.82) is 0 Å². The molecule has 2 aliphatic rings.